The van der Waals surface area contributed by atoms with Crippen LogP contribution in [0.4, 0.5) is 10.6 Å². The second-order valence-corrected chi connectivity index (χ2v) is 5.18. The number of hydrogen-bond acceptors (Lipinski definition) is 4. The molecule has 2 fully saturated rings. The zero-order valence-electron chi connectivity index (χ0n) is 11.7. The van der Waals surface area contributed by atoms with Gasteiger partial charge in [0.1, 0.15) is 5.82 Å². The van der Waals surface area contributed by atoms with Crippen molar-refractivity contribution in [2.45, 2.75) is 0 Å². The molecule has 0 aliphatic carbocycles. The first-order chi connectivity index (χ1) is 9.84. The van der Waals surface area contributed by atoms with Crippen molar-refractivity contribution in [1.82, 2.24) is 20.1 Å². The fraction of sp³-hybridized carbons (Fsp3) is 0.571. The summed E-state index contributed by atoms with van der Waals surface area (Å²) >= 11 is 0. The standard InChI is InChI=1S/C14H21N5O/c20-14(18-7-5-15-6-8-18)19-11-9-17(10-12-19)13-3-1-2-4-16-13/h1-4,15H,5-12H2. The molecule has 2 amide bonds. The SMILES string of the molecule is O=C(N1CCNCC1)N1CCN(c2ccccn2)CC1. The molecule has 0 radical (unpaired) electrons. The van der Waals surface area contributed by atoms with Crippen LogP contribution in [0.3, 0.4) is 0 Å². The van der Waals surface area contributed by atoms with Gasteiger partial charge in [0.15, 0.2) is 0 Å². The molecule has 6 nitrogen and oxygen atoms in total. The zero-order valence-corrected chi connectivity index (χ0v) is 11.7. The van der Waals surface area contributed by atoms with Crippen LogP contribution in [0.2, 0.25) is 0 Å². The van der Waals surface area contributed by atoms with Crippen molar-refractivity contribution in [2.24, 2.45) is 0 Å². The third-order valence-corrected chi connectivity index (χ3v) is 3.91. The monoisotopic (exact) mass is 275 g/mol. The molecule has 0 aromatic carbocycles. The summed E-state index contributed by atoms with van der Waals surface area (Å²) in [5, 5.41) is 3.27. The van der Waals surface area contributed by atoms with Gasteiger partial charge < -0.3 is 20.0 Å². The first kappa shape index (κ1) is 13.2. The molecule has 0 saturated carbocycles. The molecule has 3 heterocycles. The Labute approximate surface area is 119 Å². The lowest BCUT2D eigenvalue weighted by Crippen LogP contribution is -2.56. The van der Waals surface area contributed by atoms with E-state index in [-0.39, 0.29) is 6.03 Å². The van der Waals surface area contributed by atoms with Gasteiger partial charge in [0.05, 0.1) is 0 Å². The number of anilines is 1. The van der Waals surface area contributed by atoms with Crippen LogP contribution in [0, 0.1) is 0 Å². The molecule has 3 rings (SSSR count). The van der Waals surface area contributed by atoms with Crippen LogP contribution in [0.25, 0.3) is 0 Å². The lowest BCUT2D eigenvalue weighted by molar-refractivity contribution is 0.144. The van der Waals surface area contributed by atoms with Gasteiger partial charge in [-0.1, -0.05) is 6.07 Å². The maximum absolute atomic E-state index is 12.4. The first-order valence-electron chi connectivity index (χ1n) is 7.25. The molecule has 2 saturated heterocycles. The fourth-order valence-corrected chi connectivity index (χ4v) is 2.72. The molecule has 20 heavy (non-hydrogen) atoms. The van der Waals surface area contributed by atoms with E-state index in [0.717, 1.165) is 58.2 Å². The highest BCUT2D eigenvalue weighted by Gasteiger charge is 2.26. The van der Waals surface area contributed by atoms with E-state index in [1.165, 1.54) is 0 Å². The predicted molar refractivity (Wildman–Crippen MR) is 77.9 cm³/mol. The van der Waals surface area contributed by atoms with Crippen molar-refractivity contribution in [3.05, 3.63) is 24.4 Å². The maximum atomic E-state index is 12.4. The lowest BCUT2D eigenvalue weighted by atomic mass is 10.3. The highest BCUT2D eigenvalue weighted by atomic mass is 16.2. The van der Waals surface area contributed by atoms with Crippen molar-refractivity contribution in [2.75, 3.05) is 57.3 Å². The van der Waals surface area contributed by atoms with Crippen LogP contribution >= 0.6 is 0 Å². The van der Waals surface area contributed by atoms with Crippen LogP contribution in [-0.2, 0) is 0 Å². The summed E-state index contributed by atoms with van der Waals surface area (Å²) in [6, 6.07) is 6.13. The zero-order chi connectivity index (χ0) is 13.8. The average molecular weight is 275 g/mol. The first-order valence-corrected chi connectivity index (χ1v) is 7.25. The number of amides is 2. The molecule has 6 heteroatoms. The number of carbonyl (C=O) groups excluding carboxylic acids is 1. The third-order valence-electron chi connectivity index (χ3n) is 3.91. The number of aromatic nitrogens is 1. The van der Waals surface area contributed by atoms with Gasteiger partial charge in [-0.05, 0) is 12.1 Å². The molecule has 108 valence electrons. The van der Waals surface area contributed by atoms with Gasteiger partial charge in [0, 0.05) is 58.6 Å². The highest BCUT2D eigenvalue weighted by molar-refractivity contribution is 5.75. The number of nitrogens with one attached hydrogen (secondary N) is 1. The van der Waals surface area contributed by atoms with E-state index in [1.54, 1.807) is 0 Å². The number of rotatable bonds is 1. The average Bonchev–Trinajstić information content (AvgIpc) is 2.56. The van der Waals surface area contributed by atoms with E-state index in [4.69, 9.17) is 0 Å². The Morgan fingerprint density at radius 3 is 2.35 bits per heavy atom. The lowest BCUT2D eigenvalue weighted by Gasteiger charge is -2.39. The van der Waals surface area contributed by atoms with E-state index >= 15 is 0 Å². The molecular weight excluding hydrogens is 254 g/mol. The number of nitrogens with zero attached hydrogens (tertiary/aromatic N) is 4. The van der Waals surface area contributed by atoms with Crippen LogP contribution in [0.15, 0.2) is 24.4 Å². The molecule has 0 bridgehead atoms. The van der Waals surface area contributed by atoms with Gasteiger partial charge in [-0.2, -0.15) is 0 Å². The van der Waals surface area contributed by atoms with Crippen molar-refractivity contribution in [3.8, 4) is 0 Å². The van der Waals surface area contributed by atoms with Gasteiger partial charge in [-0.3, -0.25) is 0 Å². The summed E-state index contributed by atoms with van der Waals surface area (Å²) in [6.45, 7) is 6.71. The Hall–Kier alpha value is -1.82. The summed E-state index contributed by atoms with van der Waals surface area (Å²) < 4.78 is 0. The highest BCUT2D eigenvalue weighted by Crippen LogP contribution is 2.13. The molecule has 1 N–H and O–H groups in total. The smallest absolute Gasteiger partial charge is 0.320 e. The number of carbonyl (C=O) groups is 1. The Morgan fingerprint density at radius 1 is 1.00 bits per heavy atom. The topological polar surface area (TPSA) is 51.7 Å². The molecule has 1 aromatic heterocycles. The van der Waals surface area contributed by atoms with Crippen LogP contribution < -0.4 is 10.2 Å². The largest absolute Gasteiger partial charge is 0.353 e. The van der Waals surface area contributed by atoms with Crippen molar-refractivity contribution < 1.29 is 4.79 Å². The summed E-state index contributed by atoms with van der Waals surface area (Å²) in [5.41, 5.74) is 0. The van der Waals surface area contributed by atoms with Crippen LogP contribution in [0.5, 0.6) is 0 Å². The minimum Gasteiger partial charge on any atom is -0.353 e. The Kier molecular flexibility index (Phi) is 4.01. The number of piperazine rings is 2. The third kappa shape index (κ3) is 2.85. The molecule has 0 unspecified atom stereocenters. The second kappa shape index (κ2) is 6.09. The Bertz CT molecular complexity index is 438. The summed E-state index contributed by atoms with van der Waals surface area (Å²) in [6.07, 6.45) is 1.81. The van der Waals surface area contributed by atoms with Gasteiger partial charge in [0.2, 0.25) is 0 Å². The van der Waals surface area contributed by atoms with Crippen molar-refractivity contribution in [3.63, 3.8) is 0 Å². The van der Waals surface area contributed by atoms with Gasteiger partial charge in [-0.25, -0.2) is 9.78 Å². The minimum absolute atomic E-state index is 0.187. The van der Waals surface area contributed by atoms with Crippen molar-refractivity contribution in [1.29, 1.82) is 0 Å². The summed E-state index contributed by atoms with van der Waals surface area (Å²) in [5.74, 6) is 1.00. The summed E-state index contributed by atoms with van der Waals surface area (Å²) in [7, 11) is 0. The van der Waals surface area contributed by atoms with E-state index in [1.807, 2.05) is 34.2 Å². The molecule has 0 atom stereocenters. The molecular formula is C14H21N5O. The quantitative estimate of drug-likeness (QED) is 0.797. The number of pyridine rings is 1. The summed E-state index contributed by atoms with van der Waals surface area (Å²) in [4.78, 5) is 22.9. The predicted octanol–water partition coefficient (Wildman–Crippen LogP) is 0.229. The number of urea groups is 1. The molecule has 2 aliphatic heterocycles. The van der Waals surface area contributed by atoms with E-state index in [2.05, 4.69) is 15.2 Å². The Balaban J connectivity index is 1.54. The van der Waals surface area contributed by atoms with Gasteiger partial charge >= 0.3 is 6.03 Å². The van der Waals surface area contributed by atoms with E-state index < -0.39 is 0 Å². The maximum Gasteiger partial charge on any atom is 0.320 e. The normalized spacial score (nSPS) is 20.1. The second-order valence-electron chi connectivity index (χ2n) is 5.18. The van der Waals surface area contributed by atoms with Gasteiger partial charge in [0.25, 0.3) is 0 Å². The minimum atomic E-state index is 0.187. The van der Waals surface area contributed by atoms with Crippen LogP contribution in [0.1, 0.15) is 0 Å². The molecule has 0 spiro atoms. The number of hydrogen-bond donors (Lipinski definition) is 1. The van der Waals surface area contributed by atoms with E-state index in [9.17, 15) is 4.79 Å². The molecule has 2 aliphatic rings. The fourth-order valence-electron chi connectivity index (χ4n) is 2.72. The van der Waals surface area contributed by atoms with E-state index in [0.29, 0.717) is 0 Å². The van der Waals surface area contributed by atoms with Crippen LogP contribution in [-0.4, -0.2) is 73.2 Å². The Morgan fingerprint density at radius 2 is 1.70 bits per heavy atom. The molecule has 1 aromatic rings. The van der Waals surface area contributed by atoms with Gasteiger partial charge in [-0.15, -0.1) is 0 Å². The van der Waals surface area contributed by atoms with Crippen molar-refractivity contribution >= 4 is 11.8 Å².